The maximum absolute atomic E-state index is 12.2. The fraction of sp³-hybridized carbons (Fsp3) is 0.219. The van der Waals surface area contributed by atoms with Crippen LogP contribution in [0.5, 0.6) is 0 Å². The lowest BCUT2D eigenvalue weighted by Gasteiger charge is -2.29. The van der Waals surface area contributed by atoms with Crippen molar-refractivity contribution in [3.05, 3.63) is 113 Å². The summed E-state index contributed by atoms with van der Waals surface area (Å²) in [5.41, 5.74) is 7.21. The number of fused-ring (bicyclic) bond motifs is 6. The Bertz CT molecular complexity index is 1490. The van der Waals surface area contributed by atoms with Crippen LogP contribution in [0.3, 0.4) is 0 Å². The molecule has 3 aliphatic carbocycles. The number of benzene rings is 4. The van der Waals surface area contributed by atoms with Crippen molar-refractivity contribution in [1.29, 1.82) is 0 Å². The molecular formula is C32H25Br4IO2. The van der Waals surface area contributed by atoms with E-state index in [0.29, 0.717) is 5.92 Å². The molecule has 1 saturated carbocycles. The first-order valence-corrected chi connectivity index (χ1v) is 15.9. The fourth-order valence-electron chi connectivity index (χ4n) is 6.21. The zero-order valence-electron chi connectivity index (χ0n) is 20.8. The molecule has 0 saturated heterocycles. The summed E-state index contributed by atoms with van der Waals surface area (Å²) in [6.45, 7) is 0. The number of rotatable bonds is 2. The first-order chi connectivity index (χ1) is 18.2. The highest BCUT2D eigenvalue weighted by Crippen LogP contribution is 2.53. The predicted molar refractivity (Wildman–Crippen MR) is 183 cm³/mol. The van der Waals surface area contributed by atoms with Crippen LogP contribution in [-0.4, -0.2) is 10.9 Å². The average molecular weight is 888 g/mol. The molecule has 1 fully saturated rings. The van der Waals surface area contributed by atoms with Gasteiger partial charge in [0.2, 0.25) is 0 Å². The van der Waals surface area contributed by atoms with E-state index in [9.17, 15) is 9.90 Å². The van der Waals surface area contributed by atoms with Crippen molar-refractivity contribution in [2.45, 2.75) is 37.7 Å². The zero-order valence-corrected chi connectivity index (χ0v) is 29.5. The predicted octanol–water partition coefficient (Wildman–Crippen LogP) is 11.0. The minimum atomic E-state index is -0.854. The lowest BCUT2D eigenvalue weighted by molar-refractivity contribution is 0.0574. The zero-order chi connectivity index (χ0) is 26.6. The van der Waals surface area contributed by atoms with Crippen molar-refractivity contribution >= 4 is 93.5 Å². The van der Waals surface area contributed by atoms with Gasteiger partial charge in [0, 0.05) is 29.0 Å². The molecule has 200 valence electrons. The number of carbonyl (C=O) groups is 1. The summed E-state index contributed by atoms with van der Waals surface area (Å²) >= 11 is 13.9. The summed E-state index contributed by atoms with van der Waals surface area (Å²) in [5.74, 6) is 0.731. The molecule has 3 aliphatic rings. The van der Waals surface area contributed by atoms with Crippen molar-refractivity contribution in [2.24, 2.45) is 5.92 Å². The summed E-state index contributed by atoms with van der Waals surface area (Å²) in [7, 11) is 0. The largest absolute Gasteiger partial charge is 0.380 e. The number of hydrogen-bond donors (Lipinski definition) is 1. The van der Waals surface area contributed by atoms with Gasteiger partial charge in [0.05, 0.1) is 0 Å². The highest BCUT2D eigenvalue weighted by molar-refractivity contribution is 14.0. The van der Waals surface area contributed by atoms with Gasteiger partial charge in [-0.3, -0.25) is 4.79 Å². The number of carbonyl (C=O) groups excluding carboxylic acids is 1. The second kappa shape index (κ2) is 11.8. The molecule has 1 N–H and O–H groups in total. The Balaban J connectivity index is 0.000000161. The van der Waals surface area contributed by atoms with Gasteiger partial charge in [-0.1, -0.05) is 114 Å². The fourth-order valence-corrected chi connectivity index (χ4v) is 7.65. The molecule has 0 unspecified atom stereocenters. The van der Waals surface area contributed by atoms with Gasteiger partial charge >= 0.3 is 0 Å². The van der Waals surface area contributed by atoms with Gasteiger partial charge in [0.15, 0.2) is 5.78 Å². The van der Waals surface area contributed by atoms with Crippen molar-refractivity contribution < 1.29 is 9.90 Å². The molecule has 4 aromatic carbocycles. The Morgan fingerprint density at radius 2 is 1.00 bits per heavy atom. The second-order valence-corrected chi connectivity index (χ2v) is 14.0. The van der Waals surface area contributed by atoms with E-state index in [1.807, 2.05) is 36.4 Å². The van der Waals surface area contributed by atoms with Crippen LogP contribution in [0, 0.1) is 5.92 Å². The van der Waals surface area contributed by atoms with Crippen LogP contribution in [0.4, 0.5) is 0 Å². The van der Waals surface area contributed by atoms with Gasteiger partial charge in [-0.2, -0.15) is 0 Å². The van der Waals surface area contributed by atoms with Crippen molar-refractivity contribution in [1.82, 2.24) is 0 Å². The van der Waals surface area contributed by atoms with E-state index in [-0.39, 0.29) is 29.8 Å². The second-order valence-electron chi connectivity index (χ2n) is 10.3. The molecule has 0 spiro atoms. The lowest BCUT2D eigenvalue weighted by Crippen LogP contribution is -2.27. The van der Waals surface area contributed by atoms with E-state index in [1.54, 1.807) is 0 Å². The lowest BCUT2D eigenvalue weighted by atomic mass is 9.82. The van der Waals surface area contributed by atoms with Gasteiger partial charge in [-0.15, -0.1) is 24.0 Å². The SMILES string of the molecule is I.O=C1c2cc(Br)ccc2-c2ccc(Br)cc21.OC1(CC2CCCC2)c2cc(Br)ccc2-c2ccc(Br)cc21. The highest BCUT2D eigenvalue weighted by Gasteiger charge is 2.43. The van der Waals surface area contributed by atoms with Gasteiger partial charge in [0.1, 0.15) is 5.60 Å². The highest BCUT2D eigenvalue weighted by atomic mass is 127. The summed E-state index contributed by atoms with van der Waals surface area (Å²) < 4.78 is 3.93. The van der Waals surface area contributed by atoms with E-state index in [4.69, 9.17) is 0 Å². The summed E-state index contributed by atoms with van der Waals surface area (Å²) in [4.78, 5) is 12.2. The third kappa shape index (κ3) is 5.53. The van der Waals surface area contributed by atoms with Crippen LogP contribution < -0.4 is 0 Å². The summed E-state index contributed by atoms with van der Waals surface area (Å²) in [6, 6.07) is 24.2. The van der Waals surface area contributed by atoms with Crippen molar-refractivity contribution in [3.8, 4) is 22.3 Å². The Kier molecular flexibility index (Phi) is 8.97. The maximum Gasteiger partial charge on any atom is 0.194 e. The van der Waals surface area contributed by atoms with Crippen LogP contribution in [0.15, 0.2) is 90.7 Å². The smallest absolute Gasteiger partial charge is 0.194 e. The molecule has 7 rings (SSSR count). The molecule has 0 aliphatic heterocycles. The van der Waals surface area contributed by atoms with Gasteiger partial charge < -0.3 is 5.11 Å². The molecular weight excluding hydrogens is 863 g/mol. The average Bonchev–Trinajstić information content (AvgIpc) is 3.56. The molecule has 2 nitrogen and oxygen atoms in total. The first kappa shape index (κ1) is 29.6. The van der Waals surface area contributed by atoms with E-state index in [0.717, 1.165) is 57.7 Å². The molecule has 0 atom stereocenters. The third-order valence-corrected chi connectivity index (χ3v) is 9.92. The van der Waals surface area contributed by atoms with Crippen LogP contribution in [0.1, 0.15) is 59.2 Å². The van der Waals surface area contributed by atoms with E-state index in [2.05, 4.69) is 100 Å². The Morgan fingerprint density at radius 3 is 1.44 bits per heavy atom. The topological polar surface area (TPSA) is 37.3 Å². The molecule has 0 bridgehead atoms. The number of aliphatic hydroxyl groups is 1. The van der Waals surface area contributed by atoms with Crippen molar-refractivity contribution in [3.63, 3.8) is 0 Å². The molecule has 0 amide bonds. The van der Waals surface area contributed by atoms with E-state index >= 15 is 0 Å². The van der Waals surface area contributed by atoms with Gasteiger partial charge in [-0.05, 0) is 94.3 Å². The molecule has 7 heteroatoms. The Hall–Kier alpha value is -0.840. The van der Waals surface area contributed by atoms with Crippen LogP contribution in [-0.2, 0) is 5.60 Å². The number of halogens is 5. The van der Waals surface area contributed by atoms with Crippen LogP contribution in [0.25, 0.3) is 22.3 Å². The summed E-state index contributed by atoms with van der Waals surface area (Å²) in [5, 5.41) is 11.7. The third-order valence-electron chi connectivity index (χ3n) is 7.95. The number of ketones is 1. The Labute approximate surface area is 279 Å². The first-order valence-electron chi connectivity index (χ1n) is 12.7. The molecule has 4 aromatic rings. The molecule has 0 heterocycles. The Morgan fingerprint density at radius 1 is 0.615 bits per heavy atom. The van der Waals surface area contributed by atoms with Crippen LogP contribution >= 0.6 is 87.7 Å². The molecule has 39 heavy (non-hydrogen) atoms. The van der Waals surface area contributed by atoms with Crippen molar-refractivity contribution in [2.75, 3.05) is 0 Å². The summed E-state index contributed by atoms with van der Waals surface area (Å²) in [6.07, 6.45) is 5.93. The minimum absolute atomic E-state index is 0. The number of hydrogen-bond acceptors (Lipinski definition) is 2. The van der Waals surface area contributed by atoms with Gasteiger partial charge in [-0.25, -0.2) is 0 Å². The van der Waals surface area contributed by atoms with E-state index < -0.39 is 5.60 Å². The standard InChI is InChI=1S/C19H18Br2O.C13H6Br2O.HI/c20-13-5-7-15-16-8-6-14(21)10-18(16)19(22,17(15)9-13)11-12-3-1-2-4-12;14-7-1-3-9-10-4-2-8(15)6-12(10)13(16)11(9)5-7;/h5-10,12,22H,1-4,11H2;1-6H;1H. The van der Waals surface area contributed by atoms with E-state index in [1.165, 1.54) is 36.8 Å². The molecule has 0 radical (unpaired) electrons. The minimum Gasteiger partial charge on any atom is -0.380 e. The monoisotopic (exact) mass is 884 g/mol. The van der Waals surface area contributed by atoms with Gasteiger partial charge in [0.25, 0.3) is 0 Å². The molecule has 0 aromatic heterocycles. The van der Waals surface area contributed by atoms with Crippen LogP contribution in [0.2, 0.25) is 0 Å². The normalized spacial score (nSPS) is 16.0. The quantitative estimate of drug-likeness (QED) is 0.179. The maximum atomic E-state index is 12.2.